The third kappa shape index (κ3) is 3.01. The van der Waals surface area contributed by atoms with Gasteiger partial charge in [-0.15, -0.1) is 0 Å². The number of hydrogen-bond donors (Lipinski definition) is 2. The van der Waals surface area contributed by atoms with E-state index in [1.54, 1.807) is 7.11 Å². The molecule has 4 heteroatoms. The molecule has 0 aliphatic carbocycles. The van der Waals surface area contributed by atoms with Crippen LogP contribution in [0, 0.1) is 18.3 Å². The number of nitrogen functional groups attached to an aromatic ring is 1. The van der Waals surface area contributed by atoms with Gasteiger partial charge in [-0.05, 0) is 42.3 Å². The second-order valence-corrected chi connectivity index (χ2v) is 4.59. The highest BCUT2D eigenvalue weighted by molar-refractivity contribution is 5.59. The molecule has 0 saturated heterocycles. The number of benzene rings is 2. The van der Waals surface area contributed by atoms with E-state index in [4.69, 9.17) is 15.7 Å². The topological polar surface area (TPSA) is 71.1 Å². The van der Waals surface area contributed by atoms with E-state index in [0.29, 0.717) is 23.5 Å². The molecule has 3 N–H and O–H groups in total. The fourth-order valence-electron chi connectivity index (χ4n) is 2.00. The summed E-state index contributed by atoms with van der Waals surface area (Å²) in [6.45, 7) is 2.57. The average molecular weight is 267 g/mol. The first kappa shape index (κ1) is 13.8. The molecule has 0 heterocycles. The number of nitrogens with two attached hydrogens (primary N) is 1. The number of nitrogens with one attached hydrogen (secondary N) is 1. The van der Waals surface area contributed by atoms with Crippen molar-refractivity contribution in [1.29, 1.82) is 5.26 Å². The van der Waals surface area contributed by atoms with Crippen LogP contribution in [0.3, 0.4) is 0 Å². The summed E-state index contributed by atoms with van der Waals surface area (Å²) in [5.74, 6) is 0.668. The lowest BCUT2D eigenvalue weighted by molar-refractivity contribution is 0.417. The maximum atomic E-state index is 9.13. The highest BCUT2D eigenvalue weighted by atomic mass is 16.5. The molecule has 0 amide bonds. The van der Waals surface area contributed by atoms with Crippen molar-refractivity contribution in [2.24, 2.45) is 0 Å². The van der Waals surface area contributed by atoms with Gasteiger partial charge in [0.1, 0.15) is 11.8 Å². The summed E-state index contributed by atoms with van der Waals surface area (Å²) in [7, 11) is 1.59. The van der Waals surface area contributed by atoms with Crippen LogP contribution in [0.1, 0.15) is 16.7 Å². The zero-order valence-electron chi connectivity index (χ0n) is 11.6. The Bertz CT molecular complexity index is 659. The molecule has 0 aliphatic heterocycles. The Kier molecular flexibility index (Phi) is 4.11. The van der Waals surface area contributed by atoms with Crippen LogP contribution in [-0.4, -0.2) is 7.11 Å². The third-order valence-corrected chi connectivity index (χ3v) is 3.07. The van der Waals surface area contributed by atoms with E-state index in [9.17, 15) is 0 Å². The molecular weight excluding hydrogens is 250 g/mol. The fourth-order valence-corrected chi connectivity index (χ4v) is 2.00. The highest BCUT2D eigenvalue weighted by Gasteiger charge is 2.04. The van der Waals surface area contributed by atoms with Crippen molar-refractivity contribution in [2.75, 3.05) is 18.2 Å². The summed E-state index contributed by atoms with van der Waals surface area (Å²) < 4.78 is 5.12. The summed E-state index contributed by atoms with van der Waals surface area (Å²) in [4.78, 5) is 0. The minimum absolute atomic E-state index is 0.603. The SMILES string of the molecule is COc1ccc(CNc2ccc(C)cc2C#N)cc1N. The molecule has 0 bridgehead atoms. The largest absolute Gasteiger partial charge is 0.495 e. The van der Waals surface area contributed by atoms with Crippen LogP contribution < -0.4 is 15.8 Å². The molecule has 0 radical (unpaired) electrons. The Morgan fingerprint density at radius 3 is 2.70 bits per heavy atom. The lowest BCUT2D eigenvalue weighted by Gasteiger charge is -2.11. The lowest BCUT2D eigenvalue weighted by Crippen LogP contribution is -2.02. The molecule has 2 aromatic rings. The van der Waals surface area contributed by atoms with Gasteiger partial charge >= 0.3 is 0 Å². The Labute approximate surface area is 118 Å². The van der Waals surface area contributed by atoms with Crippen LogP contribution in [0.4, 0.5) is 11.4 Å². The molecule has 102 valence electrons. The number of anilines is 2. The molecule has 2 rings (SSSR count). The van der Waals surface area contributed by atoms with Crippen molar-refractivity contribution in [2.45, 2.75) is 13.5 Å². The van der Waals surface area contributed by atoms with Crippen LogP contribution in [0.5, 0.6) is 5.75 Å². The van der Waals surface area contributed by atoms with Crippen molar-refractivity contribution >= 4 is 11.4 Å². The molecule has 0 fully saturated rings. The molecule has 2 aromatic carbocycles. The highest BCUT2D eigenvalue weighted by Crippen LogP contribution is 2.23. The zero-order chi connectivity index (χ0) is 14.5. The first-order chi connectivity index (χ1) is 9.63. The maximum Gasteiger partial charge on any atom is 0.141 e. The second-order valence-electron chi connectivity index (χ2n) is 4.59. The number of ether oxygens (including phenoxy) is 1. The third-order valence-electron chi connectivity index (χ3n) is 3.07. The molecule has 4 nitrogen and oxygen atoms in total. The van der Waals surface area contributed by atoms with Crippen LogP contribution >= 0.6 is 0 Å². The van der Waals surface area contributed by atoms with Gasteiger partial charge in [0.25, 0.3) is 0 Å². The number of hydrogen-bond acceptors (Lipinski definition) is 4. The molecule has 20 heavy (non-hydrogen) atoms. The van der Waals surface area contributed by atoms with E-state index in [0.717, 1.165) is 16.8 Å². The van der Waals surface area contributed by atoms with Gasteiger partial charge in [0.2, 0.25) is 0 Å². The lowest BCUT2D eigenvalue weighted by atomic mass is 10.1. The molecule has 0 spiro atoms. The number of rotatable bonds is 4. The van der Waals surface area contributed by atoms with E-state index in [1.807, 2.05) is 43.3 Å². The maximum absolute atomic E-state index is 9.13. The van der Waals surface area contributed by atoms with Gasteiger partial charge in [0, 0.05) is 6.54 Å². The van der Waals surface area contributed by atoms with Crippen molar-refractivity contribution in [3.05, 3.63) is 53.1 Å². The quantitative estimate of drug-likeness (QED) is 0.835. The number of nitrogens with zero attached hydrogens (tertiary/aromatic N) is 1. The number of nitriles is 1. The Hall–Kier alpha value is -2.67. The second kappa shape index (κ2) is 5.98. The van der Waals surface area contributed by atoms with E-state index in [2.05, 4.69) is 11.4 Å². The first-order valence-corrected chi connectivity index (χ1v) is 6.31. The summed E-state index contributed by atoms with van der Waals surface area (Å²) in [5, 5.41) is 12.4. The van der Waals surface area contributed by atoms with E-state index in [1.165, 1.54) is 0 Å². The molecule has 0 atom stereocenters. The monoisotopic (exact) mass is 267 g/mol. The van der Waals surface area contributed by atoms with Crippen molar-refractivity contribution in [1.82, 2.24) is 0 Å². The van der Waals surface area contributed by atoms with Gasteiger partial charge in [0.05, 0.1) is 24.0 Å². The Morgan fingerprint density at radius 1 is 1.25 bits per heavy atom. The summed E-state index contributed by atoms with van der Waals surface area (Å²) in [6.07, 6.45) is 0. The van der Waals surface area contributed by atoms with Gasteiger partial charge in [0.15, 0.2) is 0 Å². The fraction of sp³-hybridized carbons (Fsp3) is 0.188. The van der Waals surface area contributed by atoms with Gasteiger partial charge in [-0.1, -0.05) is 12.1 Å². The predicted molar refractivity (Wildman–Crippen MR) is 80.6 cm³/mol. The summed E-state index contributed by atoms with van der Waals surface area (Å²) in [6, 6.07) is 13.6. The summed E-state index contributed by atoms with van der Waals surface area (Å²) in [5.41, 5.74) is 10.1. The average Bonchev–Trinajstić information content (AvgIpc) is 2.46. The van der Waals surface area contributed by atoms with Gasteiger partial charge in [-0.2, -0.15) is 5.26 Å². The van der Waals surface area contributed by atoms with Crippen molar-refractivity contribution in [3.63, 3.8) is 0 Å². The number of aryl methyl sites for hydroxylation is 1. The van der Waals surface area contributed by atoms with Crippen molar-refractivity contribution < 1.29 is 4.74 Å². The van der Waals surface area contributed by atoms with E-state index in [-0.39, 0.29) is 0 Å². The predicted octanol–water partition coefficient (Wildman–Crippen LogP) is 3.07. The van der Waals surface area contributed by atoms with Crippen LogP contribution in [0.25, 0.3) is 0 Å². The first-order valence-electron chi connectivity index (χ1n) is 6.31. The number of methoxy groups -OCH3 is 1. The molecule has 0 saturated carbocycles. The standard InChI is InChI=1S/C16H17N3O/c1-11-3-5-15(13(7-11)9-17)19-10-12-4-6-16(20-2)14(18)8-12/h3-8,19H,10,18H2,1-2H3. The summed E-state index contributed by atoms with van der Waals surface area (Å²) >= 11 is 0. The van der Waals surface area contributed by atoms with Crippen LogP contribution in [-0.2, 0) is 6.54 Å². The van der Waals surface area contributed by atoms with Gasteiger partial charge in [-0.3, -0.25) is 0 Å². The minimum atomic E-state index is 0.603. The molecule has 0 aromatic heterocycles. The van der Waals surface area contributed by atoms with E-state index >= 15 is 0 Å². The van der Waals surface area contributed by atoms with Crippen LogP contribution in [0.2, 0.25) is 0 Å². The smallest absolute Gasteiger partial charge is 0.141 e. The Balaban J connectivity index is 2.13. The van der Waals surface area contributed by atoms with Crippen molar-refractivity contribution in [3.8, 4) is 11.8 Å². The van der Waals surface area contributed by atoms with E-state index < -0.39 is 0 Å². The molecular formula is C16H17N3O. The van der Waals surface area contributed by atoms with Gasteiger partial charge < -0.3 is 15.8 Å². The Morgan fingerprint density at radius 2 is 2.05 bits per heavy atom. The molecule has 0 unspecified atom stereocenters. The minimum Gasteiger partial charge on any atom is -0.495 e. The zero-order valence-corrected chi connectivity index (χ0v) is 11.6. The van der Waals surface area contributed by atoms with Gasteiger partial charge in [-0.25, -0.2) is 0 Å². The molecule has 0 aliphatic rings. The normalized spacial score (nSPS) is 9.85. The van der Waals surface area contributed by atoms with Crippen LogP contribution in [0.15, 0.2) is 36.4 Å².